The number of nitrogens with one attached hydrogen (secondary N) is 2. The summed E-state index contributed by atoms with van der Waals surface area (Å²) in [4.78, 5) is 13.0. The number of carbonyl (C=O) groups is 1. The monoisotopic (exact) mass is 474 g/mol. The van der Waals surface area contributed by atoms with E-state index in [-0.39, 0.29) is 17.8 Å². The number of aromatic nitrogens is 2. The lowest BCUT2D eigenvalue weighted by molar-refractivity contribution is -0.173. The molecule has 1 aromatic heterocycles. The summed E-state index contributed by atoms with van der Waals surface area (Å²) in [5.74, 6) is 0.325. The zero-order valence-electron chi connectivity index (χ0n) is 19.2. The standard InChI is InChI=1S/C24H25F3N4O3/c1-13-5-7-16(9-14(13)2)29-23(32)17-12-28-31-21(24(25,26)27)11-18(30-22(17)31)15-6-8-19(33-3)20(10-15)34-4/h5-10,12,18,21,30H,11H2,1-4H3,(H,29,32)/t18-,21-/m1/s1. The highest BCUT2D eigenvalue weighted by molar-refractivity contribution is 6.07. The van der Waals surface area contributed by atoms with Crippen LogP contribution in [-0.4, -0.2) is 36.1 Å². The predicted molar refractivity (Wildman–Crippen MR) is 122 cm³/mol. The van der Waals surface area contributed by atoms with Crippen LogP contribution in [0.1, 0.15) is 45.6 Å². The van der Waals surface area contributed by atoms with Gasteiger partial charge in [0.05, 0.1) is 26.5 Å². The van der Waals surface area contributed by atoms with Crippen LogP contribution in [0.4, 0.5) is 24.7 Å². The summed E-state index contributed by atoms with van der Waals surface area (Å²) in [5, 5.41) is 9.75. The summed E-state index contributed by atoms with van der Waals surface area (Å²) in [6, 6.07) is 7.73. The van der Waals surface area contributed by atoms with Crippen LogP contribution in [0, 0.1) is 13.8 Å². The molecule has 0 saturated heterocycles. The Bertz CT molecular complexity index is 1220. The Morgan fingerprint density at radius 1 is 1.09 bits per heavy atom. The number of aryl methyl sites for hydroxylation is 2. The van der Waals surface area contributed by atoms with Crippen molar-refractivity contribution in [3.05, 3.63) is 64.8 Å². The van der Waals surface area contributed by atoms with Gasteiger partial charge in [-0.2, -0.15) is 18.3 Å². The van der Waals surface area contributed by atoms with E-state index in [0.29, 0.717) is 22.7 Å². The first-order chi connectivity index (χ1) is 16.1. The zero-order valence-corrected chi connectivity index (χ0v) is 19.2. The number of hydrogen-bond donors (Lipinski definition) is 2. The normalized spacial score (nSPS) is 17.5. The van der Waals surface area contributed by atoms with Crippen LogP contribution >= 0.6 is 0 Å². The summed E-state index contributed by atoms with van der Waals surface area (Å²) < 4.78 is 53.3. The van der Waals surface area contributed by atoms with E-state index in [1.807, 2.05) is 26.0 Å². The second kappa shape index (κ2) is 8.92. The molecule has 2 aromatic carbocycles. The molecule has 4 rings (SSSR count). The van der Waals surface area contributed by atoms with Gasteiger partial charge in [-0.3, -0.25) is 4.79 Å². The smallest absolute Gasteiger partial charge is 0.410 e. The van der Waals surface area contributed by atoms with Gasteiger partial charge in [0, 0.05) is 12.1 Å². The minimum absolute atomic E-state index is 0.00898. The lowest BCUT2D eigenvalue weighted by Gasteiger charge is -2.34. The topological polar surface area (TPSA) is 77.4 Å². The van der Waals surface area contributed by atoms with E-state index in [1.165, 1.54) is 14.2 Å². The maximum atomic E-state index is 14.0. The molecule has 1 aliphatic heterocycles. The Morgan fingerprint density at radius 3 is 2.47 bits per heavy atom. The second-order valence-corrected chi connectivity index (χ2v) is 8.21. The molecule has 1 amide bonds. The molecule has 7 nitrogen and oxygen atoms in total. The minimum atomic E-state index is -4.56. The first kappa shape index (κ1) is 23.5. The summed E-state index contributed by atoms with van der Waals surface area (Å²) in [7, 11) is 2.94. The van der Waals surface area contributed by atoms with Gasteiger partial charge in [0.25, 0.3) is 5.91 Å². The van der Waals surface area contributed by atoms with Gasteiger partial charge in [0.2, 0.25) is 0 Å². The van der Waals surface area contributed by atoms with Crippen LogP contribution in [-0.2, 0) is 0 Å². The van der Waals surface area contributed by atoms with Gasteiger partial charge in [-0.25, -0.2) is 4.68 Å². The molecular formula is C24H25F3N4O3. The van der Waals surface area contributed by atoms with Gasteiger partial charge in [-0.1, -0.05) is 12.1 Å². The number of rotatable bonds is 5. The van der Waals surface area contributed by atoms with Crippen molar-refractivity contribution in [3.8, 4) is 11.5 Å². The minimum Gasteiger partial charge on any atom is -0.493 e. The van der Waals surface area contributed by atoms with Crippen molar-refractivity contribution in [1.29, 1.82) is 0 Å². The summed E-state index contributed by atoms with van der Waals surface area (Å²) in [6.07, 6.45) is -3.69. The van der Waals surface area contributed by atoms with Crippen molar-refractivity contribution in [2.75, 3.05) is 24.9 Å². The maximum Gasteiger partial charge on any atom is 0.410 e. The molecule has 0 spiro atoms. The lowest BCUT2D eigenvalue weighted by atomic mass is 9.96. The van der Waals surface area contributed by atoms with Crippen molar-refractivity contribution >= 4 is 17.4 Å². The molecule has 10 heteroatoms. The number of ether oxygens (including phenoxy) is 2. The third-order valence-electron chi connectivity index (χ3n) is 6.06. The Hall–Kier alpha value is -3.69. The molecule has 34 heavy (non-hydrogen) atoms. The van der Waals surface area contributed by atoms with E-state index in [0.717, 1.165) is 22.0 Å². The molecule has 0 saturated carbocycles. The predicted octanol–water partition coefficient (Wildman–Crippen LogP) is 5.43. The second-order valence-electron chi connectivity index (χ2n) is 8.21. The number of benzene rings is 2. The van der Waals surface area contributed by atoms with Crippen molar-refractivity contribution in [2.24, 2.45) is 0 Å². The fourth-order valence-electron chi connectivity index (χ4n) is 4.03. The quantitative estimate of drug-likeness (QED) is 0.516. The van der Waals surface area contributed by atoms with E-state index in [9.17, 15) is 18.0 Å². The molecule has 1 aliphatic rings. The molecule has 0 unspecified atom stereocenters. The van der Waals surface area contributed by atoms with Crippen molar-refractivity contribution < 1.29 is 27.4 Å². The van der Waals surface area contributed by atoms with Gasteiger partial charge in [0.15, 0.2) is 17.5 Å². The zero-order chi connectivity index (χ0) is 24.6. The number of methoxy groups -OCH3 is 2. The molecule has 0 bridgehead atoms. The van der Waals surface area contributed by atoms with E-state index in [1.54, 1.807) is 24.3 Å². The van der Waals surface area contributed by atoms with E-state index >= 15 is 0 Å². The van der Waals surface area contributed by atoms with Crippen LogP contribution in [0.3, 0.4) is 0 Å². The van der Waals surface area contributed by atoms with Crippen LogP contribution in [0.2, 0.25) is 0 Å². The third-order valence-corrected chi connectivity index (χ3v) is 6.06. The highest BCUT2D eigenvalue weighted by Gasteiger charge is 2.47. The summed E-state index contributed by atoms with van der Waals surface area (Å²) in [5.41, 5.74) is 3.19. The Kier molecular flexibility index (Phi) is 6.16. The molecule has 0 aliphatic carbocycles. The first-order valence-electron chi connectivity index (χ1n) is 10.6. The van der Waals surface area contributed by atoms with Crippen LogP contribution in [0.15, 0.2) is 42.6 Å². The van der Waals surface area contributed by atoms with Gasteiger partial charge in [0.1, 0.15) is 11.4 Å². The Labute approximate surface area is 194 Å². The summed E-state index contributed by atoms with van der Waals surface area (Å²) in [6.45, 7) is 3.86. The van der Waals surface area contributed by atoms with Crippen molar-refractivity contribution in [3.63, 3.8) is 0 Å². The molecule has 0 radical (unpaired) electrons. The largest absolute Gasteiger partial charge is 0.493 e. The molecule has 0 fully saturated rings. The number of carbonyl (C=O) groups excluding carboxylic acids is 1. The molecule has 3 aromatic rings. The van der Waals surface area contributed by atoms with Gasteiger partial charge in [-0.15, -0.1) is 0 Å². The van der Waals surface area contributed by atoms with E-state index in [2.05, 4.69) is 15.7 Å². The molecule has 2 heterocycles. The Morgan fingerprint density at radius 2 is 1.82 bits per heavy atom. The highest BCUT2D eigenvalue weighted by Crippen LogP contribution is 2.45. The number of amides is 1. The van der Waals surface area contributed by atoms with Gasteiger partial charge in [-0.05, 0) is 54.8 Å². The lowest BCUT2D eigenvalue weighted by Crippen LogP contribution is -2.36. The van der Waals surface area contributed by atoms with Gasteiger partial charge >= 0.3 is 6.18 Å². The third kappa shape index (κ3) is 4.40. The molecular weight excluding hydrogens is 449 g/mol. The van der Waals surface area contributed by atoms with Crippen molar-refractivity contribution in [1.82, 2.24) is 9.78 Å². The average molecular weight is 474 g/mol. The number of fused-ring (bicyclic) bond motifs is 1. The molecule has 2 atom stereocenters. The SMILES string of the molecule is COc1ccc([C@H]2C[C@H](C(F)(F)F)n3ncc(C(=O)Nc4ccc(C)c(C)c4)c3N2)cc1OC. The van der Waals surface area contributed by atoms with Crippen LogP contribution < -0.4 is 20.1 Å². The molecule has 180 valence electrons. The van der Waals surface area contributed by atoms with Crippen LogP contribution in [0.5, 0.6) is 11.5 Å². The number of nitrogens with zero attached hydrogens (tertiary/aromatic N) is 2. The fraction of sp³-hybridized carbons (Fsp3) is 0.333. The average Bonchev–Trinajstić information content (AvgIpc) is 3.23. The molecule has 2 N–H and O–H groups in total. The Balaban J connectivity index is 1.69. The number of halogens is 3. The number of anilines is 2. The fourth-order valence-corrected chi connectivity index (χ4v) is 4.03. The number of hydrogen-bond acceptors (Lipinski definition) is 5. The summed E-state index contributed by atoms with van der Waals surface area (Å²) >= 11 is 0. The van der Waals surface area contributed by atoms with Crippen LogP contribution in [0.25, 0.3) is 0 Å². The van der Waals surface area contributed by atoms with Gasteiger partial charge < -0.3 is 20.1 Å². The highest BCUT2D eigenvalue weighted by atomic mass is 19.4. The first-order valence-corrected chi connectivity index (χ1v) is 10.6. The van der Waals surface area contributed by atoms with E-state index < -0.39 is 24.2 Å². The van der Waals surface area contributed by atoms with Crippen molar-refractivity contribution in [2.45, 2.75) is 38.5 Å². The van der Waals surface area contributed by atoms with E-state index in [4.69, 9.17) is 9.47 Å². The maximum absolute atomic E-state index is 14.0. The number of alkyl halides is 3.